The summed E-state index contributed by atoms with van der Waals surface area (Å²) in [5.74, 6) is 0.497. The van der Waals surface area contributed by atoms with Gasteiger partial charge in [-0.1, -0.05) is 30.3 Å². The summed E-state index contributed by atoms with van der Waals surface area (Å²) in [6.07, 6.45) is -0.810. The molecule has 0 aliphatic heterocycles. The summed E-state index contributed by atoms with van der Waals surface area (Å²) in [4.78, 5) is 10.3. The molecule has 19 heavy (non-hydrogen) atoms. The van der Waals surface area contributed by atoms with Gasteiger partial charge in [-0.3, -0.25) is 0 Å². The standard InChI is InChI=1S/C14H19NO4/c16-13(7-15-14(17)18)12-6-11(12)9-19-8-10-4-2-1-3-5-10/h1-5,11-13,15-16H,6-9H2,(H,17,18)/t11-,12+,13?/m1/s1. The van der Waals surface area contributed by atoms with E-state index < -0.39 is 12.2 Å². The Morgan fingerprint density at radius 1 is 1.42 bits per heavy atom. The van der Waals surface area contributed by atoms with Crippen molar-refractivity contribution < 1.29 is 19.7 Å². The Hall–Kier alpha value is -1.59. The molecule has 0 heterocycles. The number of hydrogen-bond donors (Lipinski definition) is 3. The van der Waals surface area contributed by atoms with E-state index in [1.807, 2.05) is 30.3 Å². The third-order valence-corrected chi connectivity index (χ3v) is 3.38. The van der Waals surface area contributed by atoms with Crippen LogP contribution in [-0.4, -0.2) is 35.6 Å². The highest BCUT2D eigenvalue weighted by atomic mass is 16.5. The zero-order chi connectivity index (χ0) is 13.7. The number of amides is 1. The first-order chi connectivity index (χ1) is 9.16. The molecule has 1 saturated carbocycles. The van der Waals surface area contributed by atoms with E-state index in [4.69, 9.17) is 9.84 Å². The highest BCUT2D eigenvalue weighted by Gasteiger charge is 2.42. The van der Waals surface area contributed by atoms with Crippen molar-refractivity contribution in [3.63, 3.8) is 0 Å². The van der Waals surface area contributed by atoms with Gasteiger partial charge in [0, 0.05) is 6.54 Å². The molecule has 3 atom stereocenters. The molecule has 1 aromatic carbocycles. The average molecular weight is 265 g/mol. The minimum absolute atomic E-state index is 0.0924. The second-order valence-corrected chi connectivity index (χ2v) is 4.91. The van der Waals surface area contributed by atoms with Crippen molar-refractivity contribution in [3.8, 4) is 0 Å². The fourth-order valence-electron chi connectivity index (χ4n) is 2.18. The zero-order valence-corrected chi connectivity index (χ0v) is 10.7. The Labute approximate surface area is 112 Å². The zero-order valence-electron chi connectivity index (χ0n) is 10.7. The summed E-state index contributed by atoms with van der Waals surface area (Å²) in [6.45, 7) is 1.28. The van der Waals surface area contributed by atoms with Gasteiger partial charge in [0.15, 0.2) is 0 Å². The molecule has 0 aromatic heterocycles. The molecule has 1 unspecified atom stereocenters. The molecule has 0 radical (unpaired) electrons. The number of nitrogens with one attached hydrogen (secondary N) is 1. The molecule has 0 bridgehead atoms. The number of aliphatic hydroxyl groups excluding tert-OH is 1. The molecular formula is C14H19NO4. The molecule has 3 N–H and O–H groups in total. The third-order valence-electron chi connectivity index (χ3n) is 3.38. The molecule has 1 aliphatic carbocycles. The highest BCUT2D eigenvalue weighted by Crippen LogP contribution is 2.41. The van der Waals surface area contributed by atoms with E-state index in [9.17, 15) is 9.90 Å². The minimum Gasteiger partial charge on any atom is -0.465 e. The second kappa shape index (κ2) is 6.54. The molecule has 0 spiro atoms. The van der Waals surface area contributed by atoms with E-state index in [1.165, 1.54) is 0 Å². The fraction of sp³-hybridized carbons (Fsp3) is 0.500. The predicted molar refractivity (Wildman–Crippen MR) is 69.7 cm³/mol. The maximum absolute atomic E-state index is 10.3. The van der Waals surface area contributed by atoms with E-state index in [1.54, 1.807) is 0 Å². The van der Waals surface area contributed by atoms with Crippen LogP contribution in [0.15, 0.2) is 30.3 Å². The molecule has 1 amide bonds. The first-order valence-electron chi connectivity index (χ1n) is 6.43. The Kier molecular flexibility index (Phi) is 4.76. The van der Waals surface area contributed by atoms with E-state index in [2.05, 4.69) is 5.32 Å². The molecule has 104 valence electrons. The summed E-state index contributed by atoms with van der Waals surface area (Å²) in [7, 11) is 0. The van der Waals surface area contributed by atoms with Crippen molar-refractivity contribution in [2.75, 3.05) is 13.2 Å². The number of rotatable bonds is 7. The van der Waals surface area contributed by atoms with Crippen LogP contribution >= 0.6 is 0 Å². The summed E-state index contributed by atoms with van der Waals surface area (Å²) in [5, 5.41) is 20.4. The first kappa shape index (κ1) is 13.8. The lowest BCUT2D eigenvalue weighted by Crippen LogP contribution is -2.32. The SMILES string of the molecule is O=C(O)NCC(O)[C@H]1C[C@@H]1COCc1ccccc1. The molecule has 5 heteroatoms. The van der Waals surface area contributed by atoms with Gasteiger partial charge in [0.05, 0.1) is 19.3 Å². The van der Waals surface area contributed by atoms with Gasteiger partial charge in [0.2, 0.25) is 0 Å². The van der Waals surface area contributed by atoms with Gasteiger partial charge in [-0.2, -0.15) is 0 Å². The quantitative estimate of drug-likeness (QED) is 0.697. The first-order valence-corrected chi connectivity index (χ1v) is 6.43. The lowest BCUT2D eigenvalue weighted by Gasteiger charge is -2.10. The molecular weight excluding hydrogens is 246 g/mol. The van der Waals surface area contributed by atoms with Gasteiger partial charge in [0.25, 0.3) is 0 Å². The predicted octanol–water partition coefficient (Wildman–Crippen LogP) is 1.47. The fourth-order valence-corrected chi connectivity index (χ4v) is 2.18. The van der Waals surface area contributed by atoms with Crippen LogP contribution in [-0.2, 0) is 11.3 Å². The normalized spacial score (nSPS) is 22.8. The number of carbonyl (C=O) groups is 1. The van der Waals surface area contributed by atoms with Crippen LogP contribution in [0.4, 0.5) is 4.79 Å². The smallest absolute Gasteiger partial charge is 0.404 e. The Morgan fingerprint density at radius 3 is 2.84 bits per heavy atom. The second-order valence-electron chi connectivity index (χ2n) is 4.91. The maximum Gasteiger partial charge on any atom is 0.404 e. The summed E-state index contributed by atoms with van der Waals surface area (Å²) >= 11 is 0. The number of benzene rings is 1. The minimum atomic E-state index is -1.10. The van der Waals surface area contributed by atoms with Gasteiger partial charge >= 0.3 is 6.09 Å². The molecule has 1 fully saturated rings. The van der Waals surface area contributed by atoms with E-state index in [0.29, 0.717) is 19.1 Å². The Bertz CT molecular complexity index is 409. The monoisotopic (exact) mass is 265 g/mol. The van der Waals surface area contributed by atoms with E-state index >= 15 is 0 Å². The van der Waals surface area contributed by atoms with E-state index in [0.717, 1.165) is 12.0 Å². The van der Waals surface area contributed by atoms with Crippen LogP contribution < -0.4 is 5.32 Å². The number of ether oxygens (including phenoxy) is 1. The molecule has 0 saturated heterocycles. The van der Waals surface area contributed by atoms with Crippen molar-refractivity contribution in [1.82, 2.24) is 5.32 Å². The number of aliphatic hydroxyl groups is 1. The Morgan fingerprint density at radius 2 is 2.16 bits per heavy atom. The van der Waals surface area contributed by atoms with Crippen LogP contribution in [0.2, 0.25) is 0 Å². The van der Waals surface area contributed by atoms with Crippen molar-refractivity contribution in [2.24, 2.45) is 11.8 Å². The summed E-state index contributed by atoms with van der Waals surface area (Å²) in [6, 6.07) is 9.93. The molecule has 1 aliphatic rings. The van der Waals surface area contributed by atoms with Crippen molar-refractivity contribution in [2.45, 2.75) is 19.1 Å². The van der Waals surface area contributed by atoms with Crippen molar-refractivity contribution in [1.29, 1.82) is 0 Å². The molecule has 2 rings (SSSR count). The Balaban J connectivity index is 1.60. The van der Waals surface area contributed by atoms with Crippen molar-refractivity contribution in [3.05, 3.63) is 35.9 Å². The van der Waals surface area contributed by atoms with Crippen LogP contribution in [0.3, 0.4) is 0 Å². The van der Waals surface area contributed by atoms with Crippen molar-refractivity contribution >= 4 is 6.09 Å². The maximum atomic E-state index is 10.3. The highest BCUT2D eigenvalue weighted by molar-refractivity contribution is 5.64. The topological polar surface area (TPSA) is 78.8 Å². The van der Waals surface area contributed by atoms with Gasteiger partial charge in [-0.05, 0) is 23.8 Å². The third kappa shape index (κ3) is 4.54. The average Bonchev–Trinajstić information content (AvgIpc) is 3.17. The lowest BCUT2D eigenvalue weighted by molar-refractivity contribution is 0.0894. The van der Waals surface area contributed by atoms with Crippen LogP contribution in [0.1, 0.15) is 12.0 Å². The van der Waals surface area contributed by atoms with Gasteiger partial charge in [0.1, 0.15) is 0 Å². The molecule has 5 nitrogen and oxygen atoms in total. The van der Waals surface area contributed by atoms with Gasteiger partial charge in [-0.25, -0.2) is 4.79 Å². The van der Waals surface area contributed by atoms with Gasteiger partial charge < -0.3 is 20.3 Å². The van der Waals surface area contributed by atoms with Crippen LogP contribution in [0.5, 0.6) is 0 Å². The summed E-state index contributed by atoms with van der Waals surface area (Å²) < 4.78 is 5.60. The van der Waals surface area contributed by atoms with Gasteiger partial charge in [-0.15, -0.1) is 0 Å². The summed E-state index contributed by atoms with van der Waals surface area (Å²) in [5.41, 5.74) is 1.13. The van der Waals surface area contributed by atoms with Crippen LogP contribution in [0.25, 0.3) is 0 Å². The van der Waals surface area contributed by atoms with E-state index in [-0.39, 0.29) is 12.5 Å². The number of hydrogen-bond acceptors (Lipinski definition) is 3. The molecule has 1 aromatic rings. The van der Waals surface area contributed by atoms with Crippen LogP contribution in [0, 0.1) is 11.8 Å². The largest absolute Gasteiger partial charge is 0.465 e. The lowest BCUT2D eigenvalue weighted by atomic mass is 10.2. The number of carboxylic acid groups (broad SMARTS) is 1.